The molecule has 2 aromatic heterocycles. The van der Waals surface area contributed by atoms with Crippen LogP contribution in [0.3, 0.4) is 0 Å². The topological polar surface area (TPSA) is 69.0 Å². The van der Waals surface area contributed by atoms with Gasteiger partial charge in [-0.25, -0.2) is 9.67 Å². The van der Waals surface area contributed by atoms with Crippen molar-refractivity contribution >= 4 is 16.9 Å². The summed E-state index contributed by atoms with van der Waals surface area (Å²) in [5.41, 5.74) is 4.04. The number of nitrogens with zero attached hydrogens (tertiary/aromatic N) is 3. The second-order valence-electron chi connectivity index (χ2n) is 7.18. The van der Waals surface area contributed by atoms with E-state index in [0.717, 1.165) is 28.0 Å². The number of amides is 1. The molecule has 3 aromatic rings. The van der Waals surface area contributed by atoms with Crippen LogP contribution in [0.15, 0.2) is 36.5 Å². The smallest absolute Gasteiger partial charge is 0.242 e. The lowest BCUT2D eigenvalue weighted by Gasteiger charge is -2.15. The summed E-state index contributed by atoms with van der Waals surface area (Å²) in [7, 11) is 1.64. The zero-order valence-electron chi connectivity index (χ0n) is 15.9. The number of pyridine rings is 1. The van der Waals surface area contributed by atoms with Gasteiger partial charge < -0.3 is 10.1 Å². The van der Waals surface area contributed by atoms with E-state index in [-0.39, 0.29) is 18.5 Å². The van der Waals surface area contributed by atoms with E-state index in [1.165, 1.54) is 18.4 Å². The Labute approximate surface area is 158 Å². The average Bonchev–Trinajstić information content (AvgIpc) is 3.47. The number of ether oxygens (including phenoxy) is 1. The molecular formula is C21H24N4O2. The Kier molecular flexibility index (Phi) is 4.56. The van der Waals surface area contributed by atoms with Crippen LogP contribution in [0.25, 0.3) is 11.0 Å². The fourth-order valence-corrected chi connectivity index (χ4v) is 3.57. The number of hydrogen-bond donors (Lipinski definition) is 1. The first-order valence-corrected chi connectivity index (χ1v) is 9.32. The predicted molar refractivity (Wildman–Crippen MR) is 104 cm³/mol. The number of rotatable bonds is 6. The highest BCUT2D eigenvalue weighted by molar-refractivity contribution is 5.85. The van der Waals surface area contributed by atoms with Crippen molar-refractivity contribution in [3.8, 4) is 5.75 Å². The van der Waals surface area contributed by atoms with E-state index in [9.17, 15) is 4.79 Å². The molecule has 27 heavy (non-hydrogen) atoms. The van der Waals surface area contributed by atoms with Gasteiger partial charge in [0.05, 0.1) is 18.8 Å². The second-order valence-corrected chi connectivity index (χ2v) is 7.18. The largest absolute Gasteiger partial charge is 0.497 e. The van der Waals surface area contributed by atoms with Crippen LogP contribution in [0.2, 0.25) is 0 Å². The molecule has 1 aliphatic carbocycles. The van der Waals surface area contributed by atoms with Crippen LogP contribution in [0.5, 0.6) is 5.75 Å². The minimum atomic E-state index is -0.120. The number of aryl methyl sites for hydroxylation is 1. The third kappa shape index (κ3) is 3.52. The molecule has 0 aliphatic heterocycles. The Morgan fingerprint density at radius 1 is 1.37 bits per heavy atom. The predicted octanol–water partition coefficient (Wildman–Crippen LogP) is 3.50. The fraction of sp³-hybridized carbons (Fsp3) is 0.381. The van der Waals surface area contributed by atoms with Crippen LogP contribution >= 0.6 is 0 Å². The molecule has 6 nitrogen and oxygen atoms in total. The van der Waals surface area contributed by atoms with Crippen molar-refractivity contribution in [1.29, 1.82) is 0 Å². The first kappa shape index (κ1) is 17.5. The molecule has 1 saturated carbocycles. The van der Waals surface area contributed by atoms with Crippen molar-refractivity contribution in [3.63, 3.8) is 0 Å². The monoisotopic (exact) mass is 364 g/mol. The quantitative estimate of drug-likeness (QED) is 0.727. The normalized spacial score (nSPS) is 14.9. The highest BCUT2D eigenvalue weighted by atomic mass is 16.5. The van der Waals surface area contributed by atoms with Crippen molar-refractivity contribution in [2.24, 2.45) is 0 Å². The van der Waals surface area contributed by atoms with Gasteiger partial charge in [0.25, 0.3) is 0 Å². The molecule has 1 aliphatic rings. The highest BCUT2D eigenvalue weighted by Crippen LogP contribution is 2.43. The molecule has 0 radical (unpaired) electrons. The third-order valence-corrected chi connectivity index (χ3v) is 5.12. The Bertz CT molecular complexity index is 991. The summed E-state index contributed by atoms with van der Waals surface area (Å²) in [6, 6.07) is 9.69. The molecule has 2 heterocycles. The van der Waals surface area contributed by atoms with Crippen molar-refractivity contribution in [1.82, 2.24) is 20.1 Å². The molecule has 0 saturated heterocycles. The maximum Gasteiger partial charge on any atom is 0.242 e. The lowest BCUT2D eigenvalue weighted by molar-refractivity contribution is -0.122. The van der Waals surface area contributed by atoms with Crippen LogP contribution in [0.4, 0.5) is 0 Å². The average molecular weight is 364 g/mol. The van der Waals surface area contributed by atoms with E-state index in [2.05, 4.69) is 21.5 Å². The highest BCUT2D eigenvalue weighted by Gasteiger charge is 2.27. The number of carbonyl (C=O) groups excluding carboxylic acids is 1. The van der Waals surface area contributed by atoms with E-state index < -0.39 is 0 Å². The molecule has 1 fully saturated rings. The molecule has 1 amide bonds. The second kappa shape index (κ2) is 7.02. The van der Waals surface area contributed by atoms with Gasteiger partial charge in [-0.05, 0) is 61.9 Å². The SMILES string of the molecule is COc1cccc(C(C)NC(=O)Cn2nc(C)c3c(C4CC4)ccnc32)c1. The van der Waals surface area contributed by atoms with Crippen LogP contribution in [-0.4, -0.2) is 27.8 Å². The lowest BCUT2D eigenvalue weighted by Crippen LogP contribution is -2.30. The zero-order valence-corrected chi connectivity index (χ0v) is 15.9. The summed E-state index contributed by atoms with van der Waals surface area (Å²) in [5, 5.41) is 8.72. The van der Waals surface area contributed by atoms with Crippen LogP contribution in [0.1, 0.15) is 48.5 Å². The Morgan fingerprint density at radius 3 is 2.93 bits per heavy atom. The summed E-state index contributed by atoms with van der Waals surface area (Å²) in [6.45, 7) is 4.10. The van der Waals surface area contributed by atoms with E-state index >= 15 is 0 Å². The number of methoxy groups -OCH3 is 1. The van der Waals surface area contributed by atoms with Gasteiger partial charge in [-0.1, -0.05) is 12.1 Å². The Balaban J connectivity index is 1.52. The maximum absolute atomic E-state index is 12.6. The lowest BCUT2D eigenvalue weighted by atomic mass is 10.1. The minimum absolute atomic E-state index is 0.0895. The number of hydrogen-bond acceptors (Lipinski definition) is 4. The van der Waals surface area contributed by atoms with Crippen molar-refractivity contribution in [2.45, 2.75) is 45.2 Å². The Morgan fingerprint density at radius 2 is 2.19 bits per heavy atom. The van der Waals surface area contributed by atoms with Crippen LogP contribution in [0, 0.1) is 6.92 Å². The van der Waals surface area contributed by atoms with E-state index in [0.29, 0.717) is 5.92 Å². The first-order valence-electron chi connectivity index (χ1n) is 9.32. The maximum atomic E-state index is 12.6. The van der Waals surface area contributed by atoms with Gasteiger partial charge in [0, 0.05) is 11.6 Å². The third-order valence-electron chi connectivity index (χ3n) is 5.12. The molecule has 0 spiro atoms. The standard InChI is InChI=1S/C21H24N4O2/c1-13(16-5-4-6-17(11-16)27-3)23-19(26)12-25-21-20(14(2)24-25)18(9-10-22-21)15-7-8-15/h4-6,9-11,13,15H,7-8,12H2,1-3H3,(H,23,26). The number of nitrogens with one attached hydrogen (secondary N) is 1. The molecule has 4 rings (SSSR count). The summed E-state index contributed by atoms with van der Waals surface area (Å²) in [4.78, 5) is 17.1. The van der Waals surface area contributed by atoms with E-state index in [1.807, 2.05) is 44.3 Å². The van der Waals surface area contributed by atoms with Gasteiger partial charge in [0.2, 0.25) is 5.91 Å². The van der Waals surface area contributed by atoms with Gasteiger partial charge in [0.15, 0.2) is 5.65 Å². The number of aromatic nitrogens is 3. The molecule has 0 bridgehead atoms. The van der Waals surface area contributed by atoms with Gasteiger partial charge in [-0.2, -0.15) is 5.10 Å². The minimum Gasteiger partial charge on any atom is -0.497 e. The van der Waals surface area contributed by atoms with Gasteiger partial charge >= 0.3 is 0 Å². The number of carbonyl (C=O) groups is 1. The fourth-order valence-electron chi connectivity index (χ4n) is 3.57. The van der Waals surface area contributed by atoms with E-state index in [4.69, 9.17) is 4.74 Å². The summed E-state index contributed by atoms with van der Waals surface area (Å²) < 4.78 is 6.97. The van der Waals surface area contributed by atoms with Gasteiger partial charge in [-0.15, -0.1) is 0 Å². The molecule has 6 heteroatoms. The van der Waals surface area contributed by atoms with Crippen LogP contribution in [-0.2, 0) is 11.3 Å². The zero-order chi connectivity index (χ0) is 19.0. The summed E-state index contributed by atoms with van der Waals surface area (Å²) in [5.74, 6) is 1.31. The van der Waals surface area contributed by atoms with Crippen molar-refractivity contribution < 1.29 is 9.53 Å². The van der Waals surface area contributed by atoms with Gasteiger partial charge in [-0.3, -0.25) is 4.79 Å². The number of benzene rings is 1. The van der Waals surface area contributed by atoms with Gasteiger partial charge in [0.1, 0.15) is 12.3 Å². The summed E-state index contributed by atoms with van der Waals surface area (Å²) >= 11 is 0. The van der Waals surface area contributed by atoms with E-state index in [1.54, 1.807) is 11.8 Å². The Hall–Kier alpha value is -2.89. The van der Waals surface area contributed by atoms with Crippen LogP contribution < -0.4 is 10.1 Å². The van der Waals surface area contributed by atoms with Crippen molar-refractivity contribution in [2.75, 3.05) is 7.11 Å². The summed E-state index contributed by atoms with van der Waals surface area (Å²) in [6.07, 6.45) is 4.27. The first-order chi connectivity index (χ1) is 13.1. The molecule has 140 valence electrons. The number of fused-ring (bicyclic) bond motifs is 1. The molecule has 1 aromatic carbocycles. The molecule has 1 atom stereocenters. The molecule has 1 unspecified atom stereocenters. The molecule has 1 N–H and O–H groups in total. The molecular weight excluding hydrogens is 340 g/mol. The van der Waals surface area contributed by atoms with Crippen molar-refractivity contribution in [3.05, 3.63) is 53.3 Å².